The van der Waals surface area contributed by atoms with Gasteiger partial charge in [-0.1, -0.05) is 143 Å². The monoisotopic (exact) mass is 642 g/mol. The number of rotatable bonds is 6. The lowest BCUT2D eigenvalue weighted by atomic mass is 9.95. The van der Waals surface area contributed by atoms with Crippen LogP contribution in [0.15, 0.2) is 58.1 Å². The van der Waals surface area contributed by atoms with E-state index in [0.29, 0.717) is 65.9 Å². The first-order valence-electron chi connectivity index (χ1n) is 17.2. The lowest BCUT2D eigenvalue weighted by Crippen LogP contribution is -2.43. The molecule has 0 fully saturated rings. The average Bonchev–Trinajstić information content (AvgIpc) is 3.45. The van der Waals surface area contributed by atoms with Gasteiger partial charge in [0.2, 0.25) is 0 Å². The van der Waals surface area contributed by atoms with Crippen molar-refractivity contribution in [1.29, 1.82) is 0 Å². The maximum atomic E-state index is 14.5. The molecule has 0 heterocycles. The lowest BCUT2D eigenvalue weighted by molar-refractivity contribution is 0.838. The zero-order valence-corrected chi connectivity index (χ0v) is 31.9. The summed E-state index contributed by atoms with van der Waals surface area (Å²) in [7, 11) is -4.31. The fourth-order valence-electron chi connectivity index (χ4n) is 9.27. The summed E-state index contributed by atoms with van der Waals surface area (Å²) >= 11 is 0. The minimum atomic E-state index is -2.16. The fraction of sp³-hybridized carbons (Fsp3) is 0.429. The van der Waals surface area contributed by atoms with Crippen molar-refractivity contribution in [2.45, 2.75) is 116 Å². The van der Waals surface area contributed by atoms with Crippen molar-refractivity contribution < 1.29 is 0 Å². The molecule has 0 aromatic heterocycles. The summed E-state index contributed by atoms with van der Waals surface area (Å²) in [5.74, 6) is 7.42. The molecule has 0 bridgehead atoms. The molecule has 0 N–H and O–H groups in total. The molecule has 46 heavy (non-hydrogen) atoms. The van der Waals surface area contributed by atoms with Crippen molar-refractivity contribution in [3.8, 4) is 22.9 Å². The van der Waals surface area contributed by atoms with Crippen molar-refractivity contribution in [2.75, 3.05) is 0 Å². The van der Waals surface area contributed by atoms with Crippen LogP contribution in [0.4, 0.5) is 0 Å². The molecule has 0 saturated carbocycles. The van der Waals surface area contributed by atoms with Crippen LogP contribution in [-0.4, -0.2) is 16.1 Å². The summed E-state index contributed by atoms with van der Waals surface area (Å²) in [5.41, 5.74) is 11.9. The standard InChI is InChI=1S/C42H50O2Si2/c1-25(2)45(26(3)4,27(5)6)23-21-35-37-31-17-13-15-19-33(31)42(44)40(37)36(22-24-46(28(7)8,29(9)10)30(11)12)38-32-18-14-16-20-34(32)41(43)39(35)38/h13-20,25-30H,1-12H3. The van der Waals surface area contributed by atoms with Crippen molar-refractivity contribution in [3.05, 3.63) is 80.1 Å². The van der Waals surface area contributed by atoms with Crippen LogP contribution in [-0.2, 0) is 0 Å². The Morgan fingerprint density at radius 2 is 0.674 bits per heavy atom. The summed E-state index contributed by atoms with van der Waals surface area (Å²) < 4.78 is 0. The molecule has 0 amide bonds. The first-order valence-corrected chi connectivity index (χ1v) is 21.7. The van der Waals surface area contributed by atoms with Gasteiger partial charge in [0.15, 0.2) is 10.9 Å². The van der Waals surface area contributed by atoms with Crippen molar-refractivity contribution in [3.63, 3.8) is 0 Å². The van der Waals surface area contributed by atoms with Crippen molar-refractivity contribution >= 4 is 59.2 Å². The molecule has 5 aromatic rings. The normalized spacial score (nSPS) is 12.9. The molecule has 4 heteroatoms. The van der Waals surface area contributed by atoms with Crippen LogP contribution in [0.5, 0.6) is 0 Å². The van der Waals surface area contributed by atoms with E-state index in [2.05, 4.69) is 106 Å². The molecule has 0 unspecified atom stereocenters. The molecule has 0 radical (unpaired) electrons. The molecule has 0 spiro atoms. The van der Waals surface area contributed by atoms with E-state index in [4.69, 9.17) is 0 Å². The molecule has 5 rings (SSSR count). The van der Waals surface area contributed by atoms with E-state index in [0.717, 1.165) is 21.5 Å². The Balaban J connectivity index is 2.11. The molecular weight excluding hydrogens is 593 g/mol. The van der Waals surface area contributed by atoms with E-state index < -0.39 is 16.1 Å². The second-order valence-corrected chi connectivity index (χ2v) is 26.5. The lowest BCUT2D eigenvalue weighted by Gasteiger charge is -2.38. The highest BCUT2D eigenvalue weighted by molar-refractivity contribution is 6.91. The van der Waals surface area contributed by atoms with E-state index in [1.54, 1.807) is 0 Å². The van der Waals surface area contributed by atoms with Gasteiger partial charge >= 0.3 is 0 Å². The van der Waals surface area contributed by atoms with Gasteiger partial charge in [-0.05, 0) is 44.0 Å². The highest BCUT2D eigenvalue weighted by atomic mass is 28.3. The van der Waals surface area contributed by atoms with Crippen LogP contribution in [0, 0.1) is 22.9 Å². The quantitative estimate of drug-likeness (QED) is 0.136. The van der Waals surface area contributed by atoms with Gasteiger partial charge in [0.05, 0.1) is 0 Å². The van der Waals surface area contributed by atoms with Gasteiger partial charge in [0, 0.05) is 43.4 Å². The van der Waals surface area contributed by atoms with E-state index in [1.165, 1.54) is 0 Å². The number of hydrogen-bond donors (Lipinski definition) is 0. The van der Waals surface area contributed by atoms with Crippen LogP contribution >= 0.6 is 0 Å². The fourth-order valence-corrected chi connectivity index (χ4v) is 19.7. The second kappa shape index (κ2) is 12.3. The maximum absolute atomic E-state index is 14.5. The Labute approximate surface area is 277 Å². The van der Waals surface area contributed by atoms with Crippen LogP contribution < -0.4 is 10.9 Å². The van der Waals surface area contributed by atoms with E-state index in [-0.39, 0.29) is 10.9 Å². The summed E-state index contributed by atoms with van der Waals surface area (Å²) in [5, 5.41) is 5.96. The Morgan fingerprint density at radius 1 is 0.413 bits per heavy atom. The summed E-state index contributed by atoms with van der Waals surface area (Å²) in [6.07, 6.45) is 0. The van der Waals surface area contributed by atoms with Crippen molar-refractivity contribution in [2.24, 2.45) is 0 Å². The predicted octanol–water partition coefficient (Wildman–Crippen LogP) is 11.0. The largest absolute Gasteiger partial charge is 0.289 e. The molecule has 238 valence electrons. The van der Waals surface area contributed by atoms with E-state index in [9.17, 15) is 9.59 Å². The molecule has 0 aliphatic carbocycles. The smallest absolute Gasteiger partial charge is 0.195 e. The van der Waals surface area contributed by atoms with Gasteiger partial charge in [0.25, 0.3) is 0 Å². The third-order valence-electron chi connectivity index (χ3n) is 11.4. The maximum Gasteiger partial charge on any atom is 0.195 e. The SMILES string of the molecule is CC(C)[Si](C#Cc1c2c(=O)c3ccccc3c2c(C#C[Si](C(C)C)(C(C)C)C(C)C)c2c(=O)c3ccccc3c12)(C(C)C)C(C)C. The Kier molecular flexibility index (Phi) is 9.06. The number of fused-ring (bicyclic) bond motifs is 6. The molecule has 0 aliphatic rings. The first-order chi connectivity index (χ1) is 21.6. The van der Waals surface area contributed by atoms with Crippen LogP contribution in [0.1, 0.15) is 94.2 Å². The Morgan fingerprint density at radius 3 is 0.935 bits per heavy atom. The number of benzene rings is 3. The van der Waals surface area contributed by atoms with Crippen LogP contribution in [0.3, 0.4) is 0 Å². The molecule has 0 saturated heterocycles. The first kappa shape index (κ1) is 33.9. The average molecular weight is 643 g/mol. The third kappa shape index (κ3) is 4.83. The van der Waals surface area contributed by atoms with E-state index >= 15 is 0 Å². The van der Waals surface area contributed by atoms with Gasteiger partial charge in [-0.15, -0.1) is 11.1 Å². The van der Waals surface area contributed by atoms with Crippen molar-refractivity contribution in [1.82, 2.24) is 0 Å². The summed E-state index contributed by atoms with van der Waals surface area (Å²) in [6.45, 7) is 27.7. The third-order valence-corrected chi connectivity index (χ3v) is 24.0. The Bertz CT molecular complexity index is 1980. The topological polar surface area (TPSA) is 34.1 Å². The van der Waals surface area contributed by atoms with Crippen LogP contribution in [0.2, 0.25) is 33.2 Å². The minimum Gasteiger partial charge on any atom is -0.289 e. The van der Waals surface area contributed by atoms with Gasteiger partial charge in [0.1, 0.15) is 16.1 Å². The molecule has 0 aliphatic heterocycles. The van der Waals surface area contributed by atoms with E-state index in [1.807, 2.05) is 48.5 Å². The highest BCUT2D eigenvalue weighted by Crippen LogP contribution is 2.44. The second-order valence-electron chi connectivity index (χ2n) is 15.3. The van der Waals surface area contributed by atoms with Crippen LogP contribution in [0.25, 0.3) is 43.1 Å². The molecular formula is C42H50O2Si2. The minimum absolute atomic E-state index is 0.0106. The summed E-state index contributed by atoms with van der Waals surface area (Å²) in [6, 6.07) is 15.7. The molecule has 2 nitrogen and oxygen atoms in total. The molecule has 5 aromatic carbocycles. The number of hydrogen-bond acceptors (Lipinski definition) is 2. The van der Waals surface area contributed by atoms with Gasteiger partial charge < -0.3 is 0 Å². The zero-order valence-electron chi connectivity index (χ0n) is 29.9. The van der Waals surface area contributed by atoms with Gasteiger partial charge in [-0.3, -0.25) is 9.59 Å². The van der Waals surface area contributed by atoms with Gasteiger partial charge in [-0.25, -0.2) is 0 Å². The van der Waals surface area contributed by atoms with Gasteiger partial charge in [-0.2, -0.15) is 0 Å². The zero-order chi connectivity index (χ0) is 33.9. The molecule has 0 atom stereocenters. The summed E-state index contributed by atoms with van der Waals surface area (Å²) in [4.78, 5) is 29.1. The Hall–Kier alpha value is -3.45. The highest BCUT2D eigenvalue weighted by Gasteiger charge is 2.43. The predicted molar refractivity (Wildman–Crippen MR) is 207 cm³/mol.